The molecule has 0 fully saturated rings. The number of nitrogens with one attached hydrogen (secondary N) is 1. The summed E-state index contributed by atoms with van der Waals surface area (Å²) in [6.45, 7) is 0. The van der Waals surface area contributed by atoms with Crippen molar-refractivity contribution >= 4 is 28.2 Å². The highest BCUT2D eigenvalue weighted by atomic mass is 19.1. The second-order valence-electron chi connectivity index (χ2n) is 6.92. The number of non-ortho nitro benzene ring substituents is 1. The second-order valence-corrected chi connectivity index (χ2v) is 6.92. The summed E-state index contributed by atoms with van der Waals surface area (Å²) in [7, 11) is 1.73. The Kier molecular flexibility index (Phi) is 4.28. The minimum Gasteiger partial charge on any atom is -0.372 e. The molecule has 0 aliphatic heterocycles. The number of hydrogen-bond acceptors (Lipinski definition) is 6. The highest BCUT2D eigenvalue weighted by Gasteiger charge is 2.18. The Morgan fingerprint density at radius 2 is 1.74 bits per heavy atom. The van der Waals surface area contributed by atoms with Crippen molar-refractivity contribution in [2.75, 3.05) is 12.4 Å². The van der Waals surface area contributed by atoms with E-state index in [4.69, 9.17) is 0 Å². The lowest BCUT2D eigenvalue weighted by atomic mass is 10.0. The SMILES string of the molecule is CNc1nc2nnc(-c3cccc(-c4ccc(F)cc4)c3)n2c2cc([N+](=O)[O-])ccc12. The van der Waals surface area contributed by atoms with Crippen LogP contribution in [-0.4, -0.2) is 31.6 Å². The van der Waals surface area contributed by atoms with Crippen molar-refractivity contribution in [3.63, 3.8) is 0 Å². The first kappa shape index (κ1) is 18.6. The molecule has 9 heteroatoms. The number of nitrogens with zero attached hydrogens (tertiary/aromatic N) is 5. The molecular weight excluding hydrogens is 399 g/mol. The van der Waals surface area contributed by atoms with E-state index in [0.29, 0.717) is 28.3 Å². The maximum atomic E-state index is 13.3. The molecule has 152 valence electrons. The van der Waals surface area contributed by atoms with Gasteiger partial charge in [-0.2, -0.15) is 4.98 Å². The molecule has 0 spiro atoms. The molecule has 31 heavy (non-hydrogen) atoms. The van der Waals surface area contributed by atoms with Gasteiger partial charge < -0.3 is 5.32 Å². The van der Waals surface area contributed by atoms with Crippen molar-refractivity contribution in [3.05, 3.63) is 82.7 Å². The van der Waals surface area contributed by atoms with Crippen LogP contribution in [0.2, 0.25) is 0 Å². The van der Waals surface area contributed by atoms with Crippen LogP contribution in [0.3, 0.4) is 0 Å². The zero-order valence-corrected chi connectivity index (χ0v) is 16.3. The molecular formula is C22H15FN6O2. The fraction of sp³-hybridized carbons (Fsp3) is 0.0455. The molecule has 0 bridgehead atoms. The van der Waals surface area contributed by atoms with E-state index < -0.39 is 4.92 Å². The molecule has 2 aromatic heterocycles. The lowest BCUT2D eigenvalue weighted by Crippen LogP contribution is -2.01. The minimum absolute atomic E-state index is 0.0400. The minimum atomic E-state index is -0.441. The van der Waals surface area contributed by atoms with Gasteiger partial charge >= 0.3 is 0 Å². The van der Waals surface area contributed by atoms with Gasteiger partial charge in [0.05, 0.1) is 10.4 Å². The molecule has 0 atom stereocenters. The quantitative estimate of drug-likeness (QED) is 0.338. The van der Waals surface area contributed by atoms with Gasteiger partial charge in [0.2, 0.25) is 0 Å². The molecule has 0 radical (unpaired) electrons. The average molecular weight is 414 g/mol. The molecule has 0 amide bonds. The van der Waals surface area contributed by atoms with Gasteiger partial charge in [-0.15, -0.1) is 10.2 Å². The average Bonchev–Trinajstić information content (AvgIpc) is 3.23. The van der Waals surface area contributed by atoms with Crippen LogP contribution < -0.4 is 5.32 Å². The highest BCUT2D eigenvalue weighted by molar-refractivity contribution is 5.93. The fourth-order valence-electron chi connectivity index (χ4n) is 3.61. The summed E-state index contributed by atoms with van der Waals surface area (Å²) >= 11 is 0. The van der Waals surface area contributed by atoms with Gasteiger partial charge in [0, 0.05) is 30.1 Å². The van der Waals surface area contributed by atoms with E-state index in [1.54, 1.807) is 29.6 Å². The Hall–Kier alpha value is -4.40. The molecule has 0 aliphatic rings. The summed E-state index contributed by atoms with van der Waals surface area (Å²) in [6, 6.07) is 18.4. The third kappa shape index (κ3) is 3.12. The van der Waals surface area contributed by atoms with Crippen molar-refractivity contribution in [2.45, 2.75) is 0 Å². The van der Waals surface area contributed by atoms with E-state index in [9.17, 15) is 14.5 Å². The van der Waals surface area contributed by atoms with Crippen molar-refractivity contribution in [2.24, 2.45) is 0 Å². The summed E-state index contributed by atoms with van der Waals surface area (Å²) in [5.41, 5.74) is 3.01. The van der Waals surface area contributed by atoms with E-state index >= 15 is 0 Å². The summed E-state index contributed by atoms with van der Waals surface area (Å²) in [5.74, 6) is 1.07. The zero-order chi connectivity index (χ0) is 21.5. The van der Waals surface area contributed by atoms with Gasteiger partial charge in [0.25, 0.3) is 11.5 Å². The monoisotopic (exact) mass is 414 g/mol. The number of hydrogen-bond donors (Lipinski definition) is 1. The predicted octanol–water partition coefficient (Wildman–Crippen LogP) is 4.70. The molecule has 2 heterocycles. The normalized spacial score (nSPS) is 11.2. The van der Waals surface area contributed by atoms with Gasteiger partial charge in [-0.05, 0) is 35.4 Å². The molecule has 0 unspecified atom stereocenters. The second kappa shape index (κ2) is 7.13. The van der Waals surface area contributed by atoms with Crippen molar-refractivity contribution in [1.29, 1.82) is 0 Å². The lowest BCUT2D eigenvalue weighted by molar-refractivity contribution is -0.384. The van der Waals surface area contributed by atoms with E-state index in [1.807, 2.05) is 24.3 Å². The summed E-state index contributed by atoms with van der Waals surface area (Å²) in [4.78, 5) is 15.4. The Morgan fingerprint density at radius 1 is 0.968 bits per heavy atom. The summed E-state index contributed by atoms with van der Waals surface area (Å²) < 4.78 is 15.0. The van der Waals surface area contributed by atoms with Crippen LogP contribution in [0.15, 0.2) is 66.7 Å². The number of nitro benzene ring substituents is 1. The van der Waals surface area contributed by atoms with Gasteiger partial charge in [0.1, 0.15) is 11.6 Å². The molecule has 0 saturated heterocycles. The molecule has 8 nitrogen and oxygen atoms in total. The van der Waals surface area contributed by atoms with Crippen molar-refractivity contribution in [1.82, 2.24) is 19.6 Å². The van der Waals surface area contributed by atoms with Gasteiger partial charge in [-0.25, -0.2) is 4.39 Å². The van der Waals surface area contributed by atoms with Crippen molar-refractivity contribution in [3.8, 4) is 22.5 Å². The van der Waals surface area contributed by atoms with Gasteiger partial charge in [-0.3, -0.25) is 14.5 Å². The number of aromatic nitrogens is 4. The number of nitro groups is 1. The fourth-order valence-corrected chi connectivity index (χ4v) is 3.61. The first-order valence-electron chi connectivity index (χ1n) is 9.42. The first-order valence-corrected chi connectivity index (χ1v) is 9.42. The van der Waals surface area contributed by atoms with E-state index in [0.717, 1.165) is 16.7 Å². The Bertz CT molecular complexity index is 1460. The number of fused-ring (bicyclic) bond motifs is 3. The first-order chi connectivity index (χ1) is 15.0. The molecule has 5 aromatic rings. The lowest BCUT2D eigenvalue weighted by Gasteiger charge is -2.09. The number of halogens is 1. The van der Waals surface area contributed by atoms with E-state index in [-0.39, 0.29) is 11.5 Å². The van der Waals surface area contributed by atoms with Crippen molar-refractivity contribution < 1.29 is 9.31 Å². The summed E-state index contributed by atoms with van der Waals surface area (Å²) in [5, 5.41) is 23.6. The predicted molar refractivity (Wildman–Crippen MR) is 115 cm³/mol. The van der Waals surface area contributed by atoms with E-state index in [2.05, 4.69) is 20.5 Å². The van der Waals surface area contributed by atoms with Crippen LogP contribution >= 0.6 is 0 Å². The molecule has 0 saturated carbocycles. The largest absolute Gasteiger partial charge is 0.372 e. The summed E-state index contributed by atoms with van der Waals surface area (Å²) in [6.07, 6.45) is 0. The smallest absolute Gasteiger partial charge is 0.271 e. The van der Waals surface area contributed by atoms with Gasteiger partial charge in [0.15, 0.2) is 5.82 Å². The van der Waals surface area contributed by atoms with Gasteiger partial charge in [-0.1, -0.05) is 30.3 Å². The highest BCUT2D eigenvalue weighted by Crippen LogP contribution is 2.31. The number of rotatable bonds is 4. The molecule has 1 N–H and O–H groups in total. The molecule has 3 aromatic carbocycles. The Labute approximate surface area is 175 Å². The standard InChI is InChI=1S/C22H15FN6O2/c1-24-20-18-10-9-17(29(30)31)12-19(18)28-21(26-27-22(28)25-20)15-4-2-3-14(11-15)13-5-7-16(23)8-6-13/h2-12H,1H3,(H,24,25,27). The molecule has 5 rings (SSSR count). The van der Waals surface area contributed by atoms with Crippen LogP contribution in [0.25, 0.3) is 39.2 Å². The number of anilines is 1. The third-order valence-electron chi connectivity index (χ3n) is 5.08. The van der Waals surface area contributed by atoms with E-state index in [1.165, 1.54) is 24.3 Å². The Morgan fingerprint density at radius 3 is 2.48 bits per heavy atom. The van der Waals surface area contributed by atoms with Crippen LogP contribution in [-0.2, 0) is 0 Å². The van der Waals surface area contributed by atoms with Crippen LogP contribution in [0, 0.1) is 15.9 Å². The maximum absolute atomic E-state index is 13.3. The van der Waals surface area contributed by atoms with Crippen LogP contribution in [0.5, 0.6) is 0 Å². The van der Waals surface area contributed by atoms with Crippen LogP contribution in [0.4, 0.5) is 15.9 Å². The third-order valence-corrected chi connectivity index (χ3v) is 5.08. The Balaban J connectivity index is 1.76. The van der Waals surface area contributed by atoms with Crippen LogP contribution in [0.1, 0.15) is 0 Å². The molecule has 0 aliphatic carbocycles. The number of benzene rings is 3. The maximum Gasteiger partial charge on any atom is 0.271 e. The zero-order valence-electron chi connectivity index (χ0n) is 16.3. The topological polar surface area (TPSA) is 98.2 Å².